The van der Waals surface area contributed by atoms with Gasteiger partial charge < -0.3 is 14.6 Å². The van der Waals surface area contributed by atoms with Crippen molar-refractivity contribution in [3.05, 3.63) is 18.2 Å². The van der Waals surface area contributed by atoms with Crippen LogP contribution in [0.1, 0.15) is 31.5 Å². The van der Waals surface area contributed by atoms with E-state index in [4.69, 9.17) is 4.74 Å². The molecule has 6 nitrogen and oxygen atoms in total. The van der Waals surface area contributed by atoms with Crippen molar-refractivity contribution in [2.45, 2.75) is 31.9 Å². The number of nitrogens with one attached hydrogen (secondary N) is 1. The molecule has 1 amide bonds. The molecule has 2 atom stereocenters. The molecule has 1 saturated heterocycles. The Bertz CT molecular complexity index is 612. The zero-order valence-electron chi connectivity index (χ0n) is 13.8. The van der Waals surface area contributed by atoms with E-state index in [0.717, 1.165) is 31.6 Å². The molecular formula is C17H24N4O2. The van der Waals surface area contributed by atoms with Crippen LogP contribution in [-0.4, -0.2) is 52.7 Å². The van der Waals surface area contributed by atoms with Gasteiger partial charge in [0.2, 0.25) is 0 Å². The average molecular weight is 316 g/mol. The predicted molar refractivity (Wildman–Crippen MR) is 86.4 cm³/mol. The quantitative estimate of drug-likeness (QED) is 0.831. The van der Waals surface area contributed by atoms with Crippen molar-refractivity contribution in [1.29, 1.82) is 0 Å². The van der Waals surface area contributed by atoms with Gasteiger partial charge in [0.1, 0.15) is 0 Å². The summed E-state index contributed by atoms with van der Waals surface area (Å²) in [5.74, 6) is 5.89. The van der Waals surface area contributed by atoms with E-state index in [1.54, 1.807) is 6.33 Å². The monoisotopic (exact) mass is 316 g/mol. The number of rotatable bonds is 4. The molecule has 2 aliphatic rings. The summed E-state index contributed by atoms with van der Waals surface area (Å²) in [6.45, 7) is 5.11. The van der Waals surface area contributed by atoms with Crippen LogP contribution in [0.3, 0.4) is 0 Å². The lowest BCUT2D eigenvalue weighted by Crippen LogP contribution is -2.50. The molecule has 1 aromatic rings. The molecule has 23 heavy (non-hydrogen) atoms. The zero-order valence-corrected chi connectivity index (χ0v) is 13.8. The molecule has 124 valence electrons. The first kappa shape index (κ1) is 16.0. The average Bonchev–Trinajstić information content (AvgIpc) is 3.30. The van der Waals surface area contributed by atoms with E-state index in [2.05, 4.69) is 34.0 Å². The molecule has 0 radical (unpaired) electrons. The minimum absolute atomic E-state index is 0.0919. The van der Waals surface area contributed by atoms with Crippen LogP contribution in [-0.2, 0) is 16.6 Å². The molecule has 1 aromatic heterocycles. The summed E-state index contributed by atoms with van der Waals surface area (Å²) in [5, 5.41) is 2.90. The second-order valence-corrected chi connectivity index (χ2v) is 6.17. The third kappa shape index (κ3) is 3.92. The van der Waals surface area contributed by atoms with Crippen molar-refractivity contribution in [3.8, 4) is 11.8 Å². The van der Waals surface area contributed by atoms with Gasteiger partial charge in [0.05, 0.1) is 30.8 Å². The standard InChI is InChI=1S/C17H24N4O2/c1-3-21-8-9-23-15(17(21)14-10-18-12-20(14)2)11-19-16(22)7-6-13-4-5-13/h10,12-13,15,17H,3-5,8-9,11H2,1-2H3,(H,19,22)/t15-,17-/m0/s1. The number of likely N-dealkylation sites (N-methyl/N-ethyl adjacent to an activating group) is 1. The first-order valence-electron chi connectivity index (χ1n) is 8.30. The number of imidazole rings is 1. The highest BCUT2D eigenvalue weighted by Gasteiger charge is 2.34. The first-order chi connectivity index (χ1) is 11.2. The number of aromatic nitrogens is 2. The molecule has 1 saturated carbocycles. The second kappa shape index (κ2) is 7.16. The zero-order chi connectivity index (χ0) is 16.2. The molecule has 0 spiro atoms. The molecule has 6 heteroatoms. The summed E-state index contributed by atoms with van der Waals surface area (Å²) >= 11 is 0. The summed E-state index contributed by atoms with van der Waals surface area (Å²) in [5.41, 5.74) is 1.11. The minimum Gasteiger partial charge on any atom is -0.373 e. The number of hydrogen-bond acceptors (Lipinski definition) is 4. The van der Waals surface area contributed by atoms with Crippen LogP contribution >= 0.6 is 0 Å². The molecule has 2 heterocycles. The number of ether oxygens (including phenoxy) is 1. The fraction of sp³-hybridized carbons (Fsp3) is 0.647. The highest BCUT2D eigenvalue weighted by atomic mass is 16.5. The van der Waals surface area contributed by atoms with Gasteiger partial charge in [-0.15, -0.1) is 0 Å². The fourth-order valence-corrected chi connectivity index (χ4v) is 2.97. The Labute approximate surface area is 137 Å². The molecule has 1 N–H and O–H groups in total. The van der Waals surface area contributed by atoms with Crippen LogP contribution in [0.15, 0.2) is 12.5 Å². The number of morpholine rings is 1. The van der Waals surface area contributed by atoms with Gasteiger partial charge in [-0.05, 0) is 25.3 Å². The van der Waals surface area contributed by atoms with Crippen molar-refractivity contribution in [2.75, 3.05) is 26.2 Å². The van der Waals surface area contributed by atoms with Crippen LogP contribution in [0.2, 0.25) is 0 Å². The van der Waals surface area contributed by atoms with Crippen molar-refractivity contribution >= 4 is 5.91 Å². The van der Waals surface area contributed by atoms with E-state index >= 15 is 0 Å². The van der Waals surface area contributed by atoms with E-state index in [-0.39, 0.29) is 18.1 Å². The minimum atomic E-state index is -0.210. The van der Waals surface area contributed by atoms with Gasteiger partial charge in [-0.3, -0.25) is 9.69 Å². The Morgan fingerprint density at radius 1 is 1.52 bits per heavy atom. The van der Waals surface area contributed by atoms with Crippen molar-refractivity contribution < 1.29 is 9.53 Å². The third-order valence-corrected chi connectivity index (χ3v) is 4.45. The maximum atomic E-state index is 11.9. The SMILES string of the molecule is CCN1CCO[C@@H](CNC(=O)C#CC2CC2)[C@@H]1c1cncn1C. The molecule has 0 bridgehead atoms. The highest BCUT2D eigenvalue weighted by Crippen LogP contribution is 2.29. The van der Waals surface area contributed by atoms with E-state index in [0.29, 0.717) is 19.1 Å². The molecule has 1 aliphatic carbocycles. The molecule has 0 aromatic carbocycles. The summed E-state index contributed by atoms with van der Waals surface area (Å²) in [6, 6.07) is 0.0953. The topological polar surface area (TPSA) is 59.4 Å². The van der Waals surface area contributed by atoms with E-state index in [1.807, 2.05) is 17.8 Å². The van der Waals surface area contributed by atoms with Gasteiger partial charge in [0, 0.05) is 32.3 Å². The Kier molecular flexibility index (Phi) is 4.99. The highest BCUT2D eigenvalue weighted by molar-refractivity contribution is 5.93. The Morgan fingerprint density at radius 2 is 2.35 bits per heavy atom. The summed E-state index contributed by atoms with van der Waals surface area (Å²) in [7, 11) is 1.99. The fourth-order valence-electron chi connectivity index (χ4n) is 2.97. The molecule has 2 fully saturated rings. The van der Waals surface area contributed by atoms with Gasteiger partial charge in [0.15, 0.2) is 0 Å². The van der Waals surface area contributed by atoms with Crippen LogP contribution in [0.4, 0.5) is 0 Å². The molecule has 0 unspecified atom stereocenters. The van der Waals surface area contributed by atoms with Crippen LogP contribution in [0.25, 0.3) is 0 Å². The van der Waals surface area contributed by atoms with Crippen LogP contribution < -0.4 is 5.32 Å². The lowest BCUT2D eigenvalue weighted by molar-refractivity contribution is -0.118. The summed E-state index contributed by atoms with van der Waals surface area (Å²) < 4.78 is 7.96. The van der Waals surface area contributed by atoms with Crippen LogP contribution in [0.5, 0.6) is 0 Å². The van der Waals surface area contributed by atoms with E-state index < -0.39 is 0 Å². The number of nitrogens with zero attached hydrogens (tertiary/aromatic N) is 3. The maximum Gasteiger partial charge on any atom is 0.295 e. The van der Waals surface area contributed by atoms with Gasteiger partial charge in [-0.2, -0.15) is 0 Å². The van der Waals surface area contributed by atoms with E-state index in [9.17, 15) is 4.79 Å². The molecular weight excluding hydrogens is 292 g/mol. The summed E-state index contributed by atoms with van der Waals surface area (Å²) in [6.07, 6.45) is 5.84. The Balaban J connectivity index is 1.66. The maximum absolute atomic E-state index is 11.9. The van der Waals surface area contributed by atoms with Gasteiger partial charge in [0.25, 0.3) is 5.91 Å². The van der Waals surface area contributed by atoms with Crippen LogP contribution in [0, 0.1) is 17.8 Å². The number of aryl methyl sites for hydroxylation is 1. The normalized spacial score (nSPS) is 24.8. The largest absolute Gasteiger partial charge is 0.373 e. The Hall–Kier alpha value is -1.84. The molecule has 3 rings (SSSR count). The summed E-state index contributed by atoms with van der Waals surface area (Å²) in [4.78, 5) is 18.4. The number of amides is 1. The third-order valence-electron chi connectivity index (χ3n) is 4.45. The predicted octanol–water partition coefficient (Wildman–Crippen LogP) is 0.711. The lowest BCUT2D eigenvalue weighted by Gasteiger charge is -2.40. The van der Waals surface area contributed by atoms with Gasteiger partial charge >= 0.3 is 0 Å². The number of carbonyl (C=O) groups is 1. The van der Waals surface area contributed by atoms with Crippen molar-refractivity contribution in [2.24, 2.45) is 13.0 Å². The van der Waals surface area contributed by atoms with Crippen molar-refractivity contribution in [3.63, 3.8) is 0 Å². The smallest absolute Gasteiger partial charge is 0.295 e. The number of carbonyl (C=O) groups excluding carboxylic acids is 1. The first-order valence-corrected chi connectivity index (χ1v) is 8.30. The second-order valence-electron chi connectivity index (χ2n) is 6.17. The Morgan fingerprint density at radius 3 is 3.00 bits per heavy atom. The number of hydrogen-bond donors (Lipinski definition) is 1. The lowest BCUT2D eigenvalue weighted by atomic mass is 10.0. The van der Waals surface area contributed by atoms with Gasteiger partial charge in [-0.25, -0.2) is 4.98 Å². The van der Waals surface area contributed by atoms with E-state index in [1.165, 1.54) is 0 Å². The van der Waals surface area contributed by atoms with Crippen molar-refractivity contribution in [1.82, 2.24) is 19.8 Å². The molecule has 1 aliphatic heterocycles. The van der Waals surface area contributed by atoms with Gasteiger partial charge in [-0.1, -0.05) is 12.8 Å².